The van der Waals surface area contributed by atoms with E-state index in [2.05, 4.69) is 46.0 Å². The fraction of sp³-hybridized carbons (Fsp3) is 0.333. The third kappa shape index (κ3) is 2.81. The zero-order chi connectivity index (χ0) is 15.5. The van der Waals surface area contributed by atoms with Gasteiger partial charge in [-0.2, -0.15) is 5.26 Å². The Labute approximate surface area is 131 Å². The fourth-order valence-electron chi connectivity index (χ4n) is 3.08. The largest absolute Gasteiger partial charge is 0.367 e. The maximum Gasteiger partial charge on any atom is 0.144 e. The second-order valence-corrected chi connectivity index (χ2v) is 5.75. The number of nitrogens with zero attached hydrogens (tertiary/aromatic N) is 2. The van der Waals surface area contributed by atoms with Crippen LogP contribution < -0.4 is 10.6 Å². The highest BCUT2D eigenvalue weighted by atomic mass is 15.0. The first kappa shape index (κ1) is 14.6. The first-order chi connectivity index (χ1) is 10.7. The lowest BCUT2D eigenvalue weighted by Gasteiger charge is -2.27. The van der Waals surface area contributed by atoms with Gasteiger partial charge < -0.3 is 10.6 Å². The average molecular weight is 292 g/mol. The van der Waals surface area contributed by atoms with E-state index in [-0.39, 0.29) is 6.04 Å². The van der Waals surface area contributed by atoms with Crippen molar-refractivity contribution >= 4 is 5.82 Å². The lowest BCUT2D eigenvalue weighted by Crippen LogP contribution is -2.34. The number of hydrogen-bond donors (Lipinski definition) is 2. The number of benzene rings is 1. The second kappa shape index (κ2) is 6.17. The summed E-state index contributed by atoms with van der Waals surface area (Å²) in [6.07, 6.45) is 1.07. The predicted molar refractivity (Wildman–Crippen MR) is 87.8 cm³/mol. The van der Waals surface area contributed by atoms with Gasteiger partial charge in [-0.3, -0.25) is 0 Å². The Hall–Kier alpha value is -2.38. The molecule has 1 unspecified atom stereocenters. The van der Waals surface area contributed by atoms with E-state index in [4.69, 9.17) is 0 Å². The van der Waals surface area contributed by atoms with Crippen LogP contribution in [0.25, 0.3) is 0 Å². The molecule has 4 heteroatoms. The third-order valence-electron chi connectivity index (χ3n) is 4.15. The number of anilines is 1. The van der Waals surface area contributed by atoms with Crippen LogP contribution >= 0.6 is 0 Å². The topological polar surface area (TPSA) is 60.7 Å². The van der Waals surface area contributed by atoms with Crippen LogP contribution in [0.2, 0.25) is 0 Å². The van der Waals surface area contributed by atoms with Gasteiger partial charge in [0.25, 0.3) is 0 Å². The number of rotatable bonds is 3. The minimum absolute atomic E-state index is 0.249. The molecule has 4 nitrogen and oxygen atoms in total. The van der Waals surface area contributed by atoms with Crippen molar-refractivity contribution in [1.82, 2.24) is 10.3 Å². The molecule has 0 aliphatic carbocycles. The molecule has 1 aromatic heterocycles. The van der Waals surface area contributed by atoms with E-state index in [1.165, 1.54) is 11.1 Å². The molecule has 3 rings (SSSR count). The highest BCUT2D eigenvalue weighted by molar-refractivity contribution is 5.56. The Morgan fingerprint density at radius 2 is 2.18 bits per heavy atom. The maximum absolute atomic E-state index is 9.34. The smallest absolute Gasteiger partial charge is 0.144 e. The molecule has 2 aromatic rings. The van der Waals surface area contributed by atoms with Gasteiger partial charge in [-0.15, -0.1) is 0 Å². The molecule has 1 aliphatic rings. The SMILES string of the molecule is Cc1cc(C)c(C#N)c(NCC2NCCc3ccccc32)n1. The number of aryl methyl sites for hydroxylation is 2. The van der Waals surface area contributed by atoms with Crippen molar-refractivity contribution in [2.24, 2.45) is 0 Å². The molecule has 112 valence electrons. The monoisotopic (exact) mass is 292 g/mol. The Balaban J connectivity index is 1.81. The number of hydrogen-bond acceptors (Lipinski definition) is 4. The van der Waals surface area contributed by atoms with Crippen molar-refractivity contribution in [3.63, 3.8) is 0 Å². The molecule has 0 fully saturated rings. The summed E-state index contributed by atoms with van der Waals surface area (Å²) in [6, 6.07) is 13.0. The van der Waals surface area contributed by atoms with E-state index in [1.807, 2.05) is 19.9 Å². The van der Waals surface area contributed by atoms with Crippen molar-refractivity contribution in [3.8, 4) is 6.07 Å². The van der Waals surface area contributed by atoms with Crippen LogP contribution in [0.3, 0.4) is 0 Å². The summed E-state index contributed by atoms with van der Waals surface area (Å²) >= 11 is 0. The fourth-order valence-corrected chi connectivity index (χ4v) is 3.08. The number of nitriles is 1. The zero-order valence-electron chi connectivity index (χ0n) is 13.0. The van der Waals surface area contributed by atoms with Crippen molar-refractivity contribution in [2.45, 2.75) is 26.3 Å². The van der Waals surface area contributed by atoms with Gasteiger partial charge in [0, 0.05) is 18.3 Å². The molecule has 1 aromatic carbocycles. The Morgan fingerprint density at radius 1 is 1.36 bits per heavy atom. The molecular weight excluding hydrogens is 272 g/mol. The summed E-state index contributed by atoms with van der Waals surface area (Å²) < 4.78 is 0. The molecule has 1 atom stereocenters. The highest BCUT2D eigenvalue weighted by Gasteiger charge is 2.19. The van der Waals surface area contributed by atoms with Crippen LogP contribution in [0.4, 0.5) is 5.82 Å². The summed E-state index contributed by atoms with van der Waals surface area (Å²) in [6.45, 7) is 5.61. The summed E-state index contributed by atoms with van der Waals surface area (Å²) in [5, 5.41) is 16.2. The van der Waals surface area contributed by atoms with Gasteiger partial charge in [0.2, 0.25) is 0 Å². The van der Waals surface area contributed by atoms with Crippen molar-refractivity contribution in [2.75, 3.05) is 18.4 Å². The Morgan fingerprint density at radius 3 is 3.00 bits per heavy atom. The van der Waals surface area contributed by atoms with E-state index >= 15 is 0 Å². The molecule has 1 aliphatic heterocycles. The molecule has 0 saturated carbocycles. The predicted octanol–water partition coefficient (Wildman–Crippen LogP) is 2.87. The number of nitrogens with one attached hydrogen (secondary N) is 2. The summed E-state index contributed by atoms with van der Waals surface area (Å²) in [4.78, 5) is 4.48. The average Bonchev–Trinajstić information content (AvgIpc) is 2.52. The van der Waals surface area contributed by atoms with Crippen molar-refractivity contribution in [3.05, 3.63) is 58.3 Å². The molecular formula is C18H20N4. The standard InChI is InChI=1S/C18H20N4/c1-12-9-13(2)22-18(16(12)10-19)21-11-17-15-6-4-3-5-14(15)7-8-20-17/h3-6,9,17,20H,7-8,11H2,1-2H3,(H,21,22). The van der Waals surface area contributed by atoms with Gasteiger partial charge in [-0.1, -0.05) is 24.3 Å². The van der Waals surface area contributed by atoms with E-state index < -0.39 is 0 Å². The van der Waals surface area contributed by atoms with E-state index in [0.717, 1.165) is 30.8 Å². The highest BCUT2D eigenvalue weighted by Crippen LogP contribution is 2.24. The Bertz CT molecular complexity index is 730. The van der Waals surface area contributed by atoms with E-state index in [1.54, 1.807) is 0 Å². The molecule has 0 saturated heterocycles. The molecule has 0 bridgehead atoms. The lowest BCUT2D eigenvalue weighted by molar-refractivity contribution is 0.523. The van der Waals surface area contributed by atoms with Crippen LogP contribution in [0.15, 0.2) is 30.3 Å². The molecule has 2 heterocycles. The van der Waals surface area contributed by atoms with Gasteiger partial charge in [0.15, 0.2) is 0 Å². The molecule has 2 N–H and O–H groups in total. The quantitative estimate of drug-likeness (QED) is 0.913. The second-order valence-electron chi connectivity index (χ2n) is 5.75. The van der Waals surface area contributed by atoms with Crippen LogP contribution in [0, 0.1) is 25.2 Å². The van der Waals surface area contributed by atoms with E-state index in [9.17, 15) is 5.26 Å². The van der Waals surface area contributed by atoms with Gasteiger partial charge in [0.1, 0.15) is 11.9 Å². The summed E-state index contributed by atoms with van der Waals surface area (Å²) in [5.74, 6) is 0.685. The summed E-state index contributed by atoms with van der Waals surface area (Å²) in [5.41, 5.74) is 5.27. The normalized spacial score (nSPS) is 16.7. The first-order valence-electron chi connectivity index (χ1n) is 7.62. The Kier molecular flexibility index (Phi) is 4.08. The van der Waals surface area contributed by atoms with Crippen LogP contribution in [0.1, 0.15) is 34.0 Å². The maximum atomic E-state index is 9.34. The van der Waals surface area contributed by atoms with Crippen molar-refractivity contribution < 1.29 is 0 Å². The lowest BCUT2D eigenvalue weighted by atomic mass is 9.94. The van der Waals surface area contributed by atoms with Crippen LogP contribution in [0.5, 0.6) is 0 Å². The van der Waals surface area contributed by atoms with Gasteiger partial charge in [0.05, 0.1) is 5.56 Å². The van der Waals surface area contributed by atoms with Crippen LogP contribution in [-0.4, -0.2) is 18.1 Å². The number of pyridine rings is 1. The molecule has 22 heavy (non-hydrogen) atoms. The first-order valence-corrected chi connectivity index (χ1v) is 7.62. The minimum atomic E-state index is 0.249. The number of aromatic nitrogens is 1. The van der Waals surface area contributed by atoms with Gasteiger partial charge >= 0.3 is 0 Å². The van der Waals surface area contributed by atoms with Crippen LogP contribution in [-0.2, 0) is 6.42 Å². The molecule has 0 amide bonds. The number of fused-ring (bicyclic) bond motifs is 1. The van der Waals surface area contributed by atoms with E-state index in [0.29, 0.717) is 11.4 Å². The van der Waals surface area contributed by atoms with Crippen molar-refractivity contribution in [1.29, 1.82) is 5.26 Å². The zero-order valence-corrected chi connectivity index (χ0v) is 13.0. The van der Waals surface area contributed by atoms with Gasteiger partial charge in [-0.25, -0.2) is 4.98 Å². The van der Waals surface area contributed by atoms with Gasteiger partial charge in [-0.05, 0) is 49.6 Å². The minimum Gasteiger partial charge on any atom is -0.367 e. The molecule has 0 spiro atoms. The third-order valence-corrected chi connectivity index (χ3v) is 4.15. The summed E-state index contributed by atoms with van der Waals surface area (Å²) in [7, 11) is 0. The molecule has 0 radical (unpaired) electrons.